The van der Waals surface area contributed by atoms with E-state index in [0.29, 0.717) is 18.7 Å². The quantitative estimate of drug-likeness (QED) is 0.658. The SMILES string of the molecule is Cl.Cl.NCC1(CC(=O)NCC(=O)Nc2cccc3cccnc23)CCCCC1. The molecule has 1 fully saturated rings. The highest BCUT2D eigenvalue weighted by Gasteiger charge is 2.32. The number of carbonyl (C=O) groups is 2. The van der Waals surface area contributed by atoms with E-state index in [2.05, 4.69) is 15.6 Å². The molecular weight excluding hydrogens is 399 g/mol. The van der Waals surface area contributed by atoms with Gasteiger partial charge in [-0.15, -0.1) is 24.8 Å². The van der Waals surface area contributed by atoms with Crippen LogP contribution in [0.25, 0.3) is 10.9 Å². The average molecular weight is 427 g/mol. The maximum Gasteiger partial charge on any atom is 0.243 e. The highest BCUT2D eigenvalue weighted by molar-refractivity contribution is 6.01. The van der Waals surface area contributed by atoms with Crippen LogP contribution in [0.3, 0.4) is 0 Å². The van der Waals surface area contributed by atoms with Gasteiger partial charge in [0.05, 0.1) is 17.7 Å². The maximum absolute atomic E-state index is 12.3. The predicted molar refractivity (Wildman–Crippen MR) is 117 cm³/mol. The van der Waals surface area contributed by atoms with Gasteiger partial charge in [-0.25, -0.2) is 0 Å². The number of halogens is 2. The summed E-state index contributed by atoms with van der Waals surface area (Å²) in [4.78, 5) is 28.8. The van der Waals surface area contributed by atoms with Crippen LogP contribution in [-0.4, -0.2) is 29.9 Å². The van der Waals surface area contributed by atoms with Crippen molar-refractivity contribution in [1.82, 2.24) is 10.3 Å². The number of pyridine rings is 1. The summed E-state index contributed by atoms with van der Waals surface area (Å²) in [6.45, 7) is 0.469. The average Bonchev–Trinajstić information content (AvgIpc) is 2.67. The topological polar surface area (TPSA) is 97.1 Å². The monoisotopic (exact) mass is 426 g/mol. The number of rotatable bonds is 6. The normalized spacial score (nSPS) is 15.0. The minimum atomic E-state index is -0.262. The Balaban J connectivity index is 0.00000196. The first-order valence-electron chi connectivity index (χ1n) is 9.22. The maximum atomic E-state index is 12.3. The first-order valence-corrected chi connectivity index (χ1v) is 9.22. The Morgan fingerprint density at radius 2 is 1.75 bits per heavy atom. The van der Waals surface area contributed by atoms with Gasteiger partial charge >= 0.3 is 0 Å². The molecule has 0 saturated heterocycles. The van der Waals surface area contributed by atoms with Gasteiger partial charge in [-0.05, 0) is 36.9 Å². The van der Waals surface area contributed by atoms with E-state index in [1.165, 1.54) is 6.42 Å². The van der Waals surface area contributed by atoms with E-state index in [4.69, 9.17) is 5.73 Å². The van der Waals surface area contributed by atoms with Crippen molar-refractivity contribution in [1.29, 1.82) is 0 Å². The van der Waals surface area contributed by atoms with Crippen LogP contribution >= 0.6 is 24.8 Å². The number of aromatic nitrogens is 1. The zero-order valence-corrected chi connectivity index (χ0v) is 17.4. The van der Waals surface area contributed by atoms with Gasteiger partial charge in [-0.3, -0.25) is 14.6 Å². The summed E-state index contributed by atoms with van der Waals surface area (Å²) in [5, 5.41) is 6.51. The van der Waals surface area contributed by atoms with Crippen LogP contribution in [0.2, 0.25) is 0 Å². The highest BCUT2D eigenvalue weighted by atomic mass is 35.5. The van der Waals surface area contributed by atoms with Crippen molar-refractivity contribution in [3.05, 3.63) is 36.5 Å². The first kappa shape index (κ1) is 24.1. The van der Waals surface area contributed by atoms with Crippen LogP contribution < -0.4 is 16.4 Å². The molecule has 4 N–H and O–H groups in total. The third-order valence-corrected chi connectivity index (χ3v) is 5.24. The highest BCUT2D eigenvalue weighted by Crippen LogP contribution is 2.38. The number of fused-ring (bicyclic) bond motifs is 1. The summed E-state index contributed by atoms with van der Waals surface area (Å²) < 4.78 is 0. The van der Waals surface area contributed by atoms with Crippen molar-refractivity contribution in [3.63, 3.8) is 0 Å². The summed E-state index contributed by atoms with van der Waals surface area (Å²) in [6.07, 6.45) is 7.53. The predicted octanol–water partition coefficient (Wildman–Crippen LogP) is 3.43. The molecule has 0 bridgehead atoms. The van der Waals surface area contributed by atoms with Crippen molar-refractivity contribution < 1.29 is 9.59 Å². The molecule has 2 amide bonds. The Morgan fingerprint density at radius 1 is 1.04 bits per heavy atom. The van der Waals surface area contributed by atoms with Crippen molar-refractivity contribution in [2.75, 3.05) is 18.4 Å². The second kappa shape index (κ2) is 11.2. The van der Waals surface area contributed by atoms with Crippen molar-refractivity contribution in [2.45, 2.75) is 38.5 Å². The minimum absolute atomic E-state index is 0. The van der Waals surface area contributed by atoms with E-state index in [-0.39, 0.29) is 48.6 Å². The van der Waals surface area contributed by atoms with Gasteiger partial charge < -0.3 is 16.4 Å². The molecule has 1 aromatic carbocycles. The Labute approximate surface area is 177 Å². The van der Waals surface area contributed by atoms with Crippen LogP contribution in [0, 0.1) is 5.41 Å². The fraction of sp³-hybridized carbons (Fsp3) is 0.450. The number of para-hydroxylation sites is 1. The molecule has 8 heteroatoms. The number of amides is 2. The van der Waals surface area contributed by atoms with Crippen LogP contribution in [0.4, 0.5) is 5.69 Å². The Hall–Kier alpha value is -1.89. The number of hydrogen-bond donors (Lipinski definition) is 3. The molecule has 2 aromatic rings. The van der Waals surface area contributed by atoms with Crippen LogP contribution in [0.5, 0.6) is 0 Å². The van der Waals surface area contributed by atoms with Crippen LogP contribution in [-0.2, 0) is 9.59 Å². The molecule has 0 unspecified atom stereocenters. The molecule has 0 spiro atoms. The lowest BCUT2D eigenvalue weighted by Gasteiger charge is -2.35. The molecular formula is C20H28Cl2N4O2. The third-order valence-electron chi connectivity index (χ3n) is 5.24. The summed E-state index contributed by atoms with van der Waals surface area (Å²) in [7, 11) is 0. The molecule has 1 heterocycles. The van der Waals surface area contributed by atoms with E-state index < -0.39 is 0 Å². The molecule has 3 rings (SSSR count). The molecule has 1 saturated carbocycles. The molecule has 1 aromatic heterocycles. The number of nitrogens with two attached hydrogens (primary N) is 1. The van der Waals surface area contributed by atoms with E-state index in [0.717, 1.165) is 36.6 Å². The largest absolute Gasteiger partial charge is 0.347 e. The number of benzene rings is 1. The van der Waals surface area contributed by atoms with Crippen molar-refractivity contribution >= 4 is 53.2 Å². The molecule has 154 valence electrons. The zero-order valence-electron chi connectivity index (χ0n) is 15.8. The van der Waals surface area contributed by atoms with Gasteiger partial charge in [0, 0.05) is 18.0 Å². The molecule has 1 aliphatic rings. The number of hydrogen-bond acceptors (Lipinski definition) is 4. The Morgan fingerprint density at radius 3 is 2.46 bits per heavy atom. The van der Waals surface area contributed by atoms with Crippen LogP contribution in [0.15, 0.2) is 36.5 Å². The Kier molecular flexibility index (Phi) is 9.65. The van der Waals surface area contributed by atoms with E-state index in [1.54, 1.807) is 12.3 Å². The molecule has 28 heavy (non-hydrogen) atoms. The molecule has 1 aliphatic carbocycles. The lowest BCUT2D eigenvalue weighted by molar-refractivity contribution is -0.126. The zero-order chi connectivity index (χ0) is 18.4. The standard InChI is InChI=1S/C20H26N4O2.2ClH/c21-14-20(9-2-1-3-10-20)12-17(25)23-13-18(26)24-16-8-4-6-15-7-5-11-22-19(15)16;;/h4-8,11H,1-3,9-10,12-14,21H2,(H,23,25)(H,24,26);2*1H. The molecule has 0 aliphatic heterocycles. The van der Waals surface area contributed by atoms with E-state index in [1.807, 2.05) is 24.3 Å². The van der Waals surface area contributed by atoms with Crippen LogP contribution in [0.1, 0.15) is 38.5 Å². The van der Waals surface area contributed by atoms with E-state index in [9.17, 15) is 9.59 Å². The number of nitrogens with zero attached hydrogens (tertiary/aromatic N) is 1. The lowest BCUT2D eigenvalue weighted by Crippen LogP contribution is -2.40. The van der Waals surface area contributed by atoms with Gasteiger partial charge in [-0.2, -0.15) is 0 Å². The number of nitrogens with one attached hydrogen (secondary N) is 2. The fourth-order valence-electron chi connectivity index (χ4n) is 3.74. The van der Waals surface area contributed by atoms with Gasteiger partial charge in [0.15, 0.2) is 0 Å². The van der Waals surface area contributed by atoms with Crippen molar-refractivity contribution in [3.8, 4) is 0 Å². The Bertz CT molecular complexity index is 789. The van der Waals surface area contributed by atoms with Gasteiger partial charge in [-0.1, -0.05) is 37.5 Å². The van der Waals surface area contributed by atoms with Gasteiger partial charge in [0.25, 0.3) is 0 Å². The summed E-state index contributed by atoms with van der Waals surface area (Å²) in [5.41, 5.74) is 7.21. The van der Waals surface area contributed by atoms with Gasteiger partial charge in [0.2, 0.25) is 11.8 Å². The number of carbonyl (C=O) groups excluding carboxylic acids is 2. The van der Waals surface area contributed by atoms with Gasteiger partial charge in [0.1, 0.15) is 0 Å². The van der Waals surface area contributed by atoms with Crippen molar-refractivity contribution in [2.24, 2.45) is 11.1 Å². The molecule has 0 atom stereocenters. The minimum Gasteiger partial charge on any atom is -0.347 e. The number of anilines is 1. The lowest BCUT2D eigenvalue weighted by atomic mass is 9.71. The first-order chi connectivity index (χ1) is 12.6. The second-order valence-corrected chi connectivity index (χ2v) is 7.15. The van der Waals surface area contributed by atoms with E-state index >= 15 is 0 Å². The molecule has 6 nitrogen and oxygen atoms in total. The fourth-order valence-corrected chi connectivity index (χ4v) is 3.74. The molecule has 0 radical (unpaired) electrons. The third kappa shape index (κ3) is 6.06. The summed E-state index contributed by atoms with van der Waals surface area (Å²) in [5.74, 6) is -0.370. The summed E-state index contributed by atoms with van der Waals surface area (Å²) in [6, 6.07) is 9.41. The second-order valence-electron chi connectivity index (χ2n) is 7.15. The smallest absolute Gasteiger partial charge is 0.243 e. The summed E-state index contributed by atoms with van der Waals surface area (Å²) >= 11 is 0.